The molecule has 0 spiro atoms. The number of amides is 3. The molecule has 1 aromatic heterocycles. The van der Waals surface area contributed by atoms with Crippen molar-refractivity contribution < 1.29 is 23.5 Å². The van der Waals surface area contributed by atoms with Crippen molar-refractivity contribution in [1.82, 2.24) is 10.7 Å². The number of hydrazone groups is 1. The first kappa shape index (κ1) is 24.7. The second-order valence-electron chi connectivity index (χ2n) is 7.28. The fraction of sp³-hybridized carbons (Fsp3) is 0.167. The standard InChI is InChI=1S/C24H23BrN4O5/c1-15-10-18(25)11-16(2)22(15)28-21(30)14-34-19-7-5-17(6-8-19)12-27-29-24(32)23(31)26-13-20-4-3-9-33-20/h3-12H,13-14H2,1-2H3,(H,26,31)(H,28,30)(H,29,32)/b27-12-. The van der Waals surface area contributed by atoms with E-state index in [0.29, 0.717) is 17.1 Å². The molecule has 0 radical (unpaired) electrons. The van der Waals surface area contributed by atoms with Crippen LogP contribution in [0.3, 0.4) is 0 Å². The van der Waals surface area contributed by atoms with Gasteiger partial charge in [-0.1, -0.05) is 15.9 Å². The molecule has 0 aliphatic rings. The van der Waals surface area contributed by atoms with Crippen molar-refractivity contribution in [2.75, 3.05) is 11.9 Å². The van der Waals surface area contributed by atoms with E-state index >= 15 is 0 Å². The number of anilines is 1. The second kappa shape index (κ2) is 11.8. The van der Waals surface area contributed by atoms with Gasteiger partial charge in [0.05, 0.1) is 19.0 Å². The maximum Gasteiger partial charge on any atom is 0.329 e. The van der Waals surface area contributed by atoms with Gasteiger partial charge in [-0.05, 0) is 79.1 Å². The quantitative estimate of drug-likeness (QED) is 0.235. The second-order valence-corrected chi connectivity index (χ2v) is 8.20. The van der Waals surface area contributed by atoms with Gasteiger partial charge < -0.3 is 19.8 Å². The van der Waals surface area contributed by atoms with E-state index in [2.05, 4.69) is 37.1 Å². The van der Waals surface area contributed by atoms with E-state index in [4.69, 9.17) is 9.15 Å². The summed E-state index contributed by atoms with van der Waals surface area (Å²) >= 11 is 3.43. The Labute approximate surface area is 204 Å². The van der Waals surface area contributed by atoms with Gasteiger partial charge in [0.25, 0.3) is 5.91 Å². The largest absolute Gasteiger partial charge is 0.484 e. The molecule has 9 nitrogen and oxygen atoms in total. The van der Waals surface area contributed by atoms with Crippen LogP contribution in [0.25, 0.3) is 0 Å². The first-order valence-electron chi connectivity index (χ1n) is 10.2. The van der Waals surface area contributed by atoms with Crippen molar-refractivity contribution in [3.63, 3.8) is 0 Å². The molecule has 3 rings (SSSR count). The molecule has 10 heteroatoms. The summed E-state index contributed by atoms with van der Waals surface area (Å²) in [6.45, 7) is 3.80. The topological polar surface area (TPSA) is 122 Å². The number of hydrogen-bond acceptors (Lipinski definition) is 6. The van der Waals surface area contributed by atoms with Crippen LogP contribution in [0, 0.1) is 13.8 Å². The fourth-order valence-electron chi connectivity index (χ4n) is 2.96. The van der Waals surface area contributed by atoms with E-state index in [1.54, 1.807) is 36.4 Å². The van der Waals surface area contributed by atoms with Crippen molar-refractivity contribution in [3.05, 3.63) is 81.7 Å². The lowest BCUT2D eigenvalue weighted by molar-refractivity contribution is -0.139. The van der Waals surface area contributed by atoms with E-state index in [1.165, 1.54) is 12.5 Å². The Morgan fingerprint density at radius 3 is 2.41 bits per heavy atom. The zero-order valence-corrected chi connectivity index (χ0v) is 20.1. The summed E-state index contributed by atoms with van der Waals surface area (Å²) < 4.78 is 11.6. The van der Waals surface area contributed by atoms with Gasteiger partial charge in [-0.25, -0.2) is 5.43 Å². The highest BCUT2D eigenvalue weighted by atomic mass is 79.9. The molecular formula is C24H23BrN4O5. The number of halogens is 1. The summed E-state index contributed by atoms with van der Waals surface area (Å²) in [5.41, 5.74) is 5.48. The highest BCUT2D eigenvalue weighted by Gasteiger charge is 2.12. The van der Waals surface area contributed by atoms with Crippen LogP contribution < -0.4 is 20.8 Å². The van der Waals surface area contributed by atoms with Crippen molar-refractivity contribution >= 4 is 45.6 Å². The third-order valence-electron chi connectivity index (χ3n) is 4.60. The number of carbonyl (C=O) groups excluding carboxylic acids is 3. The molecule has 2 aromatic carbocycles. The van der Waals surface area contributed by atoms with Crippen LogP contribution >= 0.6 is 15.9 Å². The highest BCUT2D eigenvalue weighted by Crippen LogP contribution is 2.25. The van der Waals surface area contributed by atoms with Gasteiger partial charge in [0.15, 0.2) is 6.61 Å². The van der Waals surface area contributed by atoms with E-state index in [1.807, 2.05) is 26.0 Å². The third kappa shape index (κ3) is 7.31. The lowest BCUT2D eigenvalue weighted by atomic mass is 10.1. The average molecular weight is 527 g/mol. The Hall–Kier alpha value is -3.92. The third-order valence-corrected chi connectivity index (χ3v) is 5.06. The zero-order valence-electron chi connectivity index (χ0n) is 18.6. The van der Waals surface area contributed by atoms with Crippen LogP contribution in [-0.4, -0.2) is 30.5 Å². The van der Waals surface area contributed by atoms with Crippen LogP contribution in [0.2, 0.25) is 0 Å². The van der Waals surface area contributed by atoms with Crippen LogP contribution in [0.1, 0.15) is 22.5 Å². The van der Waals surface area contributed by atoms with Crippen LogP contribution in [0.15, 0.2) is 68.8 Å². The number of ether oxygens (including phenoxy) is 1. The van der Waals surface area contributed by atoms with Gasteiger partial charge in [0.1, 0.15) is 11.5 Å². The Kier molecular flexibility index (Phi) is 8.58. The molecule has 0 saturated heterocycles. The number of furan rings is 1. The Morgan fingerprint density at radius 1 is 1.06 bits per heavy atom. The molecule has 3 N–H and O–H groups in total. The molecule has 0 saturated carbocycles. The average Bonchev–Trinajstić information content (AvgIpc) is 3.33. The zero-order chi connectivity index (χ0) is 24.5. The molecule has 0 bridgehead atoms. The van der Waals surface area contributed by atoms with Gasteiger partial charge >= 0.3 is 11.8 Å². The van der Waals surface area contributed by atoms with Crippen LogP contribution in [0.5, 0.6) is 5.75 Å². The molecule has 176 valence electrons. The Morgan fingerprint density at radius 2 is 1.76 bits per heavy atom. The first-order chi connectivity index (χ1) is 16.3. The molecular weight excluding hydrogens is 504 g/mol. The predicted octanol–water partition coefficient (Wildman–Crippen LogP) is 3.44. The molecule has 1 heterocycles. The van der Waals surface area contributed by atoms with Crippen LogP contribution in [0.4, 0.5) is 5.69 Å². The number of hydrogen-bond donors (Lipinski definition) is 3. The maximum absolute atomic E-state index is 12.3. The van der Waals surface area contributed by atoms with Crippen molar-refractivity contribution in [3.8, 4) is 5.75 Å². The van der Waals surface area contributed by atoms with Gasteiger partial charge in [-0.15, -0.1) is 0 Å². The fourth-order valence-corrected chi connectivity index (χ4v) is 3.65. The van der Waals surface area contributed by atoms with Gasteiger partial charge in [-0.2, -0.15) is 5.10 Å². The van der Waals surface area contributed by atoms with Gasteiger partial charge in [-0.3, -0.25) is 14.4 Å². The van der Waals surface area contributed by atoms with Crippen molar-refractivity contribution in [2.24, 2.45) is 5.10 Å². The monoisotopic (exact) mass is 526 g/mol. The minimum Gasteiger partial charge on any atom is -0.484 e. The summed E-state index contributed by atoms with van der Waals surface area (Å²) in [6, 6.07) is 14.0. The van der Waals surface area contributed by atoms with E-state index < -0.39 is 11.8 Å². The smallest absolute Gasteiger partial charge is 0.329 e. The van der Waals surface area contributed by atoms with Crippen LogP contribution in [-0.2, 0) is 20.9 Å². The summed E-state index contributed by atoms with van der Waals surface area (Å²) in [5, 5.41) is 9.05. The summed E-state index contributed by atoms with van der Waals surface area (Å²) in [5.74, 6) is -0.970. The number of benzene rings is 2. The van der Waals surface area contributed by atoms with Gasteiger partial charge in [0.2, 0.25) is 0 Å². The minimum atomic E-state index is -0.898. The molecule has 3 aromatic rings. The minimum absolute atomic E-state index is 0.102. The number of nitrogens with zero attached hydrogens (tertiary/aromatic N) is 1. The normalized spacial score (nSPS) is 10.7. The highest BCUT2D eigenvalue weighted by molar-refractivity contribution is 9.10. The molecule has 0 unspecified atom stereocenters. The van der Waals surface area contributed by atoms with Crippen molar-refractivity contribution in [2.45, 2.75) is 20.4 Å². The predicted molar refractivity (Wildman–Crippen MR) is 130 cm³/mol. The lowest BCUT2D eigenvalue weighted by Crippen LogP contribution is -2.37. The van der Waals surface area contributed by atoms with E-state index in [9.17, 15) is 14.4 Å². The lowest BCUT2D eigenvalue weighted by Gasteiger charge is -2.13. The summed E-state index contributed by atoms with van der Waals surface area (Å²) in [4.78, 5) is 35.8. The maximum atomic E-state index is 12.3. The number of carbonyl (C=O) groups is 3. The number of rotatable bonds is 8. The number of aryl methyl sites for hydroxylation is 2. The molecule has 3 amide bonds. The molecule has 0 aliphatic heterocycles. The SMILES string of the molecule is Cc1cc(Br)cc(C)c1NC(=O)COc1ccc(/C=N\NC(=O)C(=O)NCc2ccco2)cc1. The molecule has 0 fully saturated rings. The Bertz CT molecular complexity index is 1170. The summed E-state index contributed by atoms with van der Waals surface area (Å²) in [7, 11) is 0. The first-order valence-corrected chi connectivity index (χ1v) is 11.0. The summed E-state index contributed by atoms with van der Waals surface area (Å²) in [6.07, 6.45) is 2.86. The van der Waals surface area contributed by atoms with E-state index in [0.717, 1.165) is 21.3 Å². The number of nitrogens with one attached hydrogen (secondary N) is 3. The van der Waals surface area contributed by atoms with E-state index in [-0.39, 0.29) is 19.1 Å². The van der Waals surface area contributed by atoms with Crippen molar-refractivity contribution in [1.29, 1.82) is 0 Å². The molecule has 34 heavy (non-hydrogen) atoms. The Balaban J connectivity index is 1.43. The molecule has 0 aliphatic carbocycles. The van der Waals surface area contributed by atoms with Gasteiger partial charge in [0, 0.05) is 10.2 Å². The molecule has 0 atom stereocenters.